The molecule has 19 heavy (non-hydrogen) atoms. The number of hydrogen-bond acceptors (Lipinski definition) is 4. The van der Waals surface area contributed by atoms with Gasteiger partial charge in [-0.05, 0) is 18.2 Å². The number of benzene rings is 1. The molecule has 2 N–H and O–H groups in total. The summed E-state index contributed by atoms with van der Waals surface area (Å²) in [7, 11) is 5.51. The summed E-state index contributed by atoms with van der Waals surface area (Å²) in [5.41, 5.74) is 1.76. The first-order chi connectivity index (χ1) is 9.04. The number of nitrogens with zero attached hydrogens (tertiary/aromatic N) is 1. The highest BCUT2D eigenvalue weighted by Gasteiger charge is 2.08. The average Bonchev–Trinajstić information content (AvgIpc) is 2.34. The van der Waals surface area contributed by atoms with Crippen LogP contribution in [0.2, 0.25) is 0 Å². The van der Waals surface area contributed by atoms with Crippen LogP contribution in [0, 0.1) is 0 Å². The lowest BCUT2D eigenvalue weighted by Crippen LogP contribution is -2.30. The fraction of sp³-hybridized carbons (Fsp3) is 0.462. The normalized spacial score (nSPS) is 10.3. The Labute approximate surface area is 122 Å². The summed E-state index contributed by atoms with van der Waals surface area (Å²) in [4.78, 5) is 13.8. The van der Waals surface area contributed by atoms with Crippen molar-refractivity contribution >= 4 is 33.2 Å². The number of methoxy groups -OCH3 is 1. The number of carbonyl (C=O) groups excluding carboxylic acids is 1. The van der Waals surface area contributed by atoms with E-state index in [1.165, 1.54) is 0 Å². The van der Waals surface area contributed by atoms with Gasteiger partial charge in [0.2, 0.25) is 5.91 Å². The fourth-order valence-corrected chi connectivity index (χ4v) is 1.93. The van der Waals surface area contributed by atoms with E-state index in [9.17, 15) is 4.79 Å². The van der Waals surface area contributed by atoms with E-state index in [2.05, 4.69) is 26.6 Å². The molecule has 1 aromatic rings. The second-order valence-electron chi connectivity index (χ2n) is 4.27. The van der Waals surface area contributed by atoms with Crippen LogP contribution in [0.15, 0.2) is 22.7 Å². The Morgan fingerprint density at radius 3 is 2.79 bits per heavy atom. The van der Waals surface area contributed by atoms with Gasteiger partial charge < -0.3 is 20.3 Å². The second kappa shape index (κ2) is 8.14. The van der Waals surface area contributed by atoms with E-state index in [1.807, 2.05) is 37.2 Å². The van der Waals surface area contributed by atoms with Crippen LogP contribution in [0.3, 0.4) is 0 Å². The SMILES string of the molecule is COCCNCC(=O)Nc1cc(Br)ccc1N(C)C. The molecular formula is C13H20BrN3O2. The number of halogens is 1. The molecule has 0 aliphatic rings. The Balaban J connectivity index is 2.60. The van der Waals surface area contributed by atoms with Gasteiger partial charge in [0.05, 0.1) is 24.5 Å². The smallest absolute Gasteiger partial charge is 0.238 e. The first kappa shape index (κ1) is 15.9. The molecule has 0 bridgehead atoms. The van der Waals surface area contributed by atoms with Gasteiger partial charge in [0, 0.05) is 32.2 Å². The summed E-state index contributed by atoms with van der Waals surface area (Å²) in [5, 5.41) is 5.90. The van der Waals surface area contributed by atoms with E-state index in [0.29, 0.717) is 13.2 Å². The summed E-state index contributed by atoms with van der Waals surface area (Å²) < 4.78 is 5.83. The molecule has 0 unspecified atom stereocenters. The van der Waals surface area contributed by atoms with Crippen molar-refractivity contribution in [2.45, 2.75) is 0 Å². The van der Waals surface area contributed by atoms with Crippen LogP contribution in [0.5, 0.6) is 0 Å². The zero-order valence-electron chi connectivity index (χ0n) is 11.5. The summed E-state index contributed by atoms with van der Waals surface area (Å²) >= 11 is 3.41. The van der Waals surface area contributed by atoms with Crippen LogP contribution < -0.4 is 15.5 Å². The number of ether oxygens (including phenoxy) is 1. The van der Waals surface area contributed by atoms with Crippen molar-refractivity contribution in [3.63, 3.8) is 0 Å². The van der Waals surface area contributed by atoms with Gasteiger partial charge >= 0.3 is 0 Å². The zero-order valence-corrected chi connectivity index (χ0v) is 13.1. The maximum atomic E-state index is 11.8. The van der Waals surface area contributed by atoms with Gasteiger partial charge in [-0.3, -0.25) is 4.79 Å². The Morgan fingerprint density at radius 1 is 1.42 bits per heavy atom. The monoisotopic (exact) mass is 329 g/mol. The molecule has 0 saturated carbocycles. The minimum atomic E-state index is -0.0719. The van der Waals surface area contributed by atoms with Gasteiger partial charge in [-0.2, -0.15) is 0 Å². The Morgan fingerprint density at radius 2 is 2.16 bits per heavy atom. The van der Waals surface area contributed by atoms with E-state index < -0.39 is 0 Å². The molecule has 0 aliphatic heterocycles. The number of amides is 1. The van der Waals surface area contributed by atoms with Gasteiger partial charge in [-0.15, -0.1) is 0 Å². The minimum Gasteiger partial charge on any atom is -0.383 e. The van der Waals surface area contributed by atoms with Crippen LogP contribution in [0.25, 0.3) is 0 Å². The fourth-order valence-electron chi connectivity index (χ4n) is 1.57. The quantitative estimate of drug-likeness (QED) is 0.747. The van der Waals surface area contributed by atoms with E-state index >= 15 is 0 Å². The third-order valence-electron chi connectivity index (χ3n) is 2.48. The standard InChI is InChI=1S/C13H20BrN3O2/c1-17(2)12-5-4-10(14)8-11(12)16-13(18)9-15-6-7-19-3/h4-5,8,15H,6-7,9H2,1-3H3,(H,16,18). The third kappa shape index (κ3) is 5.59. The van der Waals surface area contributed by atoms with E-state index in [4.69, 9.17) is 4.74 Å². The maximum absolute atomic E-state index is 11.8. The number of carbonyl (C=O) groups is 1. The van der Waals surface area contributed by atoms with Crippen LogP contribution in [0.4, 0.5) is 11.4 Å². The molecule has 0 saturated heterocycles. The lowest BCUT2D eigenvalue weighted by Gasteiger charge is -2.18. The van der Waals surface area contributed by atoms with Crippen molar-refractivity contribution in [2.24, 2.45) is 0 Å². The van der Waals surface area contributed by atoms with E-state index in [1.54, 1.807) is 7.11 Å². The molecule has 0 spiro atoms. The van der Waals surface area contributed by atoms with Crippen molar-refractivity contribution < 1.29 is 9.53 Å². The first-order valence-electron chi connectivity index (χ1n) is 6.01. The second-order valence-corrected chi connectivity index (χ2v) is 5.19. The van der Waals surface area contributed by atoms with Crippen LogP contribution in [-0.4, -0.2) is 46.8 Å². The van der Waals surface area contributed by atoms with Gasteiger partial charge in [0.15, 0.2) is 0 Å². The lowest BCUT2D eigenvalue weighted by molar-refractivity contribution is -0.115. The minimum absolute atomic E-state index is 0.0719. The largest absolute Gasteiger partial charge is 0.383 e. The molecule has 5 nitrogen and oxygen atoms in total. The molecule has 0 aromatic heterocycles. The van der Waals surface area contributed by atoms with Crippen molar-refractivity contribution in [3.8, 4) is 0 Å². The topological polar surface area (TPSA) is 53.6 Å². The molecular weight excluding hydrogens is 310 g/mol. The highest BCUT2D eigenvalue weighted by atomic mass is 79.9. The Bertz CT molecular complexity index is 424. The van der Waals surface area contributed by atoms with Gasteiger partial charge in [-0.1, -0.05) is 15.9 Å². The zero-order chi connectivity index (χ0) is 14.3. The van der Waals surface area contributed by atoms with Gasteiger partial charge in [0.25, 0.3) is 0 Å². The van der Waals surface area contributed by atoms with Crippen molar-refractivity contribution in [2.75, 3.05) is 51.1 Å². The molecule has 0 heterocycles. The molecule has 1 rings (SSSR count). The average molecular weight is 330 g/mol. The summed E-state index contributed by atoms with van der Waals surface area (Å²) in [5.74, 6) is -0.0719. The molecule has 1 amide bonds. The van der Waals surface area contributed by atoms with Crippen LogP contribution >= 0.6 is 15.9 Å². The summed E-state index contributed by atoms with van der Waals surface area (Å²) in [6.07, 6.45) is 0. The Kier molecular flexibility index (Phi) is 6.83. The predicted molar refractivity (Wildman–Crippen MR) is 81.8 cm³/mol. The van der Waals surface area contributed by atoms with Crippen LogP contribution in [0.1, 0.15) is 0 Å². The predicted octanol–water partition coefficient (Wildman–Crippen LogP) is 1.69. The van der Waals surface area contributed by atoms with Crippen molar-refractivity contribution in [1.29, 1.82) is 0 Å². The molecule has 1 aromatic carbocycles. The summed E-state index contributed by atoms with van der Waals surface area (Å²) in [6.45, 7) is 1.51. The first-order valence-corrected chi connectivity index (χ1v) is 6.80. The third-order valence-corrected chi connectivity index (χ3v) is 2.98. The lowest BCUT2D eigenvalue weighted by atomic mass is 10.2. The molecule has 106 valence electrons. The molecule has 0 fully saturated rings. The van der Waals surface area contributed by atoms with Crippen molar-refractivity contribution in [3.05, 3.63) is 22.7 Å². The molecule has 0 aliphatic carbocycles. The maximum Gasteiger partial charge on any atom is 0.238 e. The van der Waals surface area contributed by atoms with Gasteiger partial charge in [0.1, 0.15) is 0 Å². The number of anilines is 2. The summed E-state index contributed by atoms with van der Waals surface area (Å²) in [6, 6.07) is 5.79. The molecule has 0 radical (unpaired) electrons. The molecule has 0 atom stereocenters. The van der Waals surface area contributed by atoms with Crippen molar-refractivity contribution in [1.82, 2.24) is 5.32 Å². The number of nitrogens with one attached hydrogen (secondary N) is 2. The van der Waals surface area contributed by atoms with E-state index in [0.717, 1.165) is 15.8 Å². The highest BCUT2D eigenvalue weighted by molar-refractivity contribution is 9.10. The number of hydrogen-bond donors (Lipinski definition) is 2. The highest BCUT2D eigenvalue weighted by Crippen LogP contribution is 2.27. The van der Waals surface area contributed by atoms with E-state index in [-0.39, 0.29) is 12.5 Å². The van der Waals surface area contributed by atoms with Crippen LogP contribution in [-0.2, 0) is 9.53 Å². The molecule has 6 heteroatoms. The number of rotatable bonds is 7. The van der Waals surface area contributed by atoms with Gasteiger partial charge in [-0.25, -0.2) is 0 Å². The Hall–Kier alpha value is -1.11.